The fraction of sp³-hybridized carbons (Fsp3) is 0.750. The van der Waals surface area contributed by atoms with Crippen LogP contribution in [0.5, 0.6) is 0 Å². The molecule has 2 aliphatic heterocycles. The number of sulfonamides is 1. The Labute approximate surface area is 171 Å². The lowest BCUT2D eigenvalue weighted by Crippen LogP contribution is -2.44. The number of nitrogens with one attached hydrogen (secondary N) is 1. The molecule has 9 heteroatoms. The van der Waals surface area contributed by atoms with E-state index in [-0.39, 0.29) is 30.0 Å². The molecule has 4 rings (SSSR count). The molecule has 1 aliphatic carbocycles. The first-order valence-corrected chi connectivity index (χ1v) is 12.1. The Hall–Kier alpha value is -1.74. The average molecular weight is 423 g/mol. The second-order valence-electron chi connectivity index (χ2n) is 8.92. The molecule has 0 unspecified atom stereocenters. The number of rotatable bonds is 4. The van der Waals surface area contributed by atoms with Gasteiger partial charge in [0.2, 0.25) is 15.9 Å². The molecule has 1 N–H and O–H groups in total. The van der Waals surface area contributed by atoms with E-state index in [2.05, 4.69) is 11.9 Å². The van der Waals surface area contributed by atoms with Crippen molar-refractivity contribution in [2.24, 2.45) is 11.8 Å². The highest BCUT2D eigenvalue weighted by Gasteiger charge is 2.44. The minimum atomic E-state index is -3.41. The number of carbonyl (C=O) groups is 1. The van der Waals surface area contributed by atoms with Crippen LogP contribution in [0.4, 0.5) is 0 Å². The molecule has 2 fully saturated rings. The largest absolute Gasteiger partial charge is 0.332 e. The number of amides is 1. The first-order chi connectivity index (χ1) is 13.7. The summed E-state index contributed by atoms with van der Waals surface area (Å²) in [5.74, 6) is 1.17. The van der Waals surface area contributed by atoms with Crippen LogP contribution in [0.2, 0.25) is 0 Å². The van der Waals surface area contributed by atoms with Gasteiger partial charge in [0.15, 0.2) is 0 Å². The monoisotopic (exact) mass is 422 g/mol. The quantitative estimate of drug-likeness (QED) is 0.793. The number of hydrogen-bond donors (Lipinski definition) is 1. The molecule has 1 amide bonds. The maximum atomic E-state index is 12.9. The molecule has 29 heavy (non-hydrogen) atoms. The molecule has 3 aliphatic rings. The summed E-state index contributed by atoms with van der Waals surface area (Å²) in [4.78, 5) is 35.1. The fourth-order valence-electron chi connectivity index (χ4n) is 4.47. The number of H-pyrrole nitrogens is 1. The van der Waals surface area contributed by atoms with E-state index in [4.69, 9.17) is 4.98 Å². The third-order valence-electron chi connectivity index (χ3n) is 6.54. The van der Waals surface area contributed by atoms with Crippen molar-refractivity contribution < 1.29 is 13.2 Å². The van der Waals surface area contributed by atoms with Crippen molar-refractivity contribution >= 4 is 15.9 Å². The van der Waals surface area contributed by atoms with Crippen molar-refractivity contribution in [3.05, 3.63) is 27.4 Å². The topological polar surface area (TPSA) is 103 Å². The van der Waals surface area contributed by atoms with Crippen molar-refractivity contribution in [1.29, 1.82) is 0 Å². The van der Waals surface area contributed by atoms with E-state index in [1.807, 2.05) is 4.90 Å². The van der Waals surface area contributed by atoms with E-state index in [1.54, 1.807) is 13.8 Å². The van der Waals surface area contributed by atoms with E-state index in [0.29, 0.717) is 42.5 Å². The Balaban J connectivity index is 1.65. The zero-order chi connectivity index (χ0) is 20.9. The number of aromatic amines is 1. The van der Waals surface area contributed by atoms with Crippen molar-refractivity contribution in [1.82, 2.24) is 19.2 Å². The molecule has 3 atom stereocenters. The smallest absolute Gasteiger partial charge is 0.254 e. The lowest BCUT2D eigenvalue weighted by molar-refractivity contribution is -0.137. The SMILES string of the molecule is CC(C)S(=O)(=O)N1CCc2c(nc([C@@H]3CCCCN3C(=O)[C@H]3C[C@H]3C)[nH]c2=O)C1. The van der Waals surface area contributed by atoms with Gasteiger partial charge in [0, 0.05) is 24.6 Å². The highest BCUT2D eigenvalue weighted by molar-refractivity contribution is 7.89. The summed E-state index contributed by atoms with van der Waals surface area (Å²) in [5.41, 5.74) is 0.884. The fourth-order valence-corrected chi connectivity index (χ4v) is 5.71. The third-order valence-corrected chi connectivity index (χ3v) is 8.76. The molecule has 8 nitrogen and oxygen atoms in total. The first kappa shape index (κ1) is 20.5. The minimum Gasteiger partial charge on any atom is -0.332 e. The Bertz CT molecular complexity index is 971. The number of nitrogens with zero attached hydrogens (tertiary/aromatic N) is 3. The molecule has 1 saturated heterocycles. The van der Waals surface area contributed by atoms with Gasteiger partial charge in [-0.15, -0.1) is 0 Å². The van der Waals surface area contributed by atoms with Gasteiger partial charge >= 0.3 is 0 Å². The van der Waals surface area contributed by atoms with Crippen molar-refractivity contribution in [3.8, 4) is 0 Å². The van der Waals surface area contributed by atoms with Crippen molar-refractivity contribution in [2.45, 2.75) is 70.7 Å². The second kappa shape index (κ2) is 7.50. The van der Waals surface area contributed by atoms with E-state index >= 15 is 0 Å². The molecule has 0 spiro atoms. The predicted octanol–water partition coefficient (Wildman–Crippen LogP) is 1.58. The molecule has 1 saturated carbocycles. The van der Waals surface area contributed by atoms with Crippen LogP contribution in [-0.4, -0.2) is 51.8 Å². The Kier molecular flexibility index (Phi) is 5.31. The third kappa shape index (κ3) is 3.74. The van der Waals surface area contributed by atoms with Crippen LogP contribution < -0.4 is 5.56 Å². The number of fused-ring (bicyclic) bond motifs is 1. The molecular weight excluding hydrogens is 392 g/mol. The van der Waals surface area contributed by atoms with Crippen LogP contribution in [0.15, 0.2) is 4.79 Å². The lowest BCUT2D eigenvalue weighted by atomic mass is 9.99. The van der Waals surface area contributed by atoms with E-state index in [0.717, 1.165) is 25.7 Å². The maximum Gasteiger partial charge on any atom is 0.254 e. The van der Waals surface area contributed by atoms with Gasteiger partial charge in [0.1, 0.15) is 5.82 Å². The molecular formula is C20H30N4O4S. The Morgan fingerprint density at radius 2 is 1.97 bits per heavy atom. The highest BCUT2D eigenvalue weighted by atomic mass is 32.2. The van der Waals surface area contributed by atoms with E-state index in [1.165, 1.54) is 4.31 Å². The van der Waals surface area contributed by atoms with Gasteiger partial charge in [0.25, 0.3) is 5.56 Å². The Morgan fingerprint density at radius 1 is 1.24 bits per heavy atom. The summed E-state index contributed by atoms with van der Waals surface area (Å²) in [5, 5.41) is -0.516. The van der Waals surface area contributed by atoms with Crippen LogP contribution in [0.25, 0.3) is 0 Å². The van der Waals surface area contributed by atoms with Gasteiger partial charge in [-0.25, -0.2) is 13.4 Å². The number of aromatic nitrogens is 2. The summed E-state index contributed by atoms with van der Waals surface area (Å²) in [7, 11) is -3.41. The van der Waals surface area contributed by atoms with Crippen LogP contribution in [0.3, 0.4) is 0 Å². The van der Waals surface area contributed by atoms with E-state index < -0.39 is 15.3 Å². The van der Waals surface area contributed by atoms with Crippen LogP contribution >= 0.6 is 0 Å². The summed E-state index contributed by atoms with van der Waals surface area (Å²) in [6.07, 6.45) is 3.99. The molecule has 0 bridgehead atoms. The highest BCUT2D eigenvalue weighted by Crippen LogP contribution is 2.42. The van der Waals surface area contributed by atoms with Crippen LogP contribution in [0.1, 0.15) is 69.6 Å². The number of hydrogen-bond acceptors (Lipinski definition) is 5. The summed E-state index contributed by atoms with van der Waals surface area (Å²) in [6, 6.07) is -0.237. The lowest BCUT2D eigenvalue weighted by Gasteiger charge is -2.36. The zero-order valence-corrected chi connectivity index (χ0v) is 18.2. The maximum absolute atomic E-state index is 12.9. The van der Waals surface area contributed by atoms with Gasteiger partial charge in [-0.3, -0.25) is 9.59 Å². The van der Waals surface area contributed by atoms with E-state index in [9.17, 15) is 18.0 Å². The standard InChI is InChI=1S/C20H30N4O4S/c1-12(2)29(27,28)23-9-7-14-16(11-23)21-18(22-19(14)25)17-6-4-5-8-24(17)20(26)15-10-13(15)3/h12-13,15,17H,4-11H2,1-3H3,(H,21,22,25)/t13-,15+,17+/m1/s1. The normalized spacial score (nSPS) is 27.7. The summed E-state index contributed by atoms with van der Waals surface area (Å²) in [6.45, 7) is 6.50. The van der Waals surface area contributed by atoms with Crippen LogP contribution in [-0.2, 0) is 27.8 Å². The van der Waals surface area contributed by atoms with Gasteiger partial charge in [-0.05, 0) is 51.9 Å². The first-order valence-electron chi connectivity index (χ1n) is 10.6. The molecule has 0 radical (unpaired) electrons. The molecule has 3 heterocycles. The Morgan fingerprint density at radius 3 is 2.62 bits per heavy atom. The second-order valence-corrected chi connectivity index (χ2v) is 11.4. The van der Waals surface area contributed by atoms with Gasteiger partial charge in [-0.2, -0.15) is 4.31 Å². The van der Waals surface area contributed by atoms with Gasteiger partial charge < -0.3 is 9.88 Å². The van der Waals surface area contributed by atoms with Crippen molar-refractivity contribution in [3.63, 3.8) is 0 Å². The van der Waals surface area contributed by atoms with Gasteiger partial charge in [-0.1, -0.05) is 6.92 Å². The zero-order valence-electron chi connectivity index (χ0n) is 17.3. The van der Waals surface area contributed by atoms with Crippen LogP contribution in [0, 0.1) is 11.8 Å². The molecule has 1 aromatic rings. The van der Waals surface area contributed by atoms with Crippen molar-refractivity contribution in [2.75, 3.05) is 13.1 Å². The average Bonchev–Trinajstić information content (AvgIpc) is 3.43. The minimum absolute atomic E-state index is 0.0895. The molecule has 160 valence electrons. The summed E-state index contributed by atoms with van der Waals surface area (Å²) >= 11 is 0. The number of piperidine rings is 1. The number of carbonyl (C=O) groups excluding carboxylic acids is 1. The summed E-state index contributed by atoms with van der Waals surface area (Å²) < 4.78 is 26.6. The predicted molar refractivity (Wildman–Crippen MR) is 109 cm³/mol. The molecule has 0 aromatic carbocycles. The molecule has 1 aromatic heterocycles. The van der Waals surface area contributed by atoms with Gasteiger partial charge in [0.05, 0.1) is 23.5 Å². The number of likely N-dealkylation sites (tertiary alicyclic amines) is 1.